The van der Waals surface area contributed by atoms with Crippen molar-refractivity contribution in [1.29, 1.82) is 0 Å². The first kappa shape index (κ1) is 15.9. The van der Waals surface area contributed by atoms with Crippen molar-refractivity contribution in [2.45, 2.75) is 38.8 Å². The van der Waals surface area contributed by atoms with Gasteiger partial charge in [-0.05, 0) is 12.8 Å². The van der Waals surface area contributed by atoms with Crippen LogP contribution in [0.15, 0.2) is 0 Å². The number of halogens is 1. The van der Waals surface area contributed by atoms with Gasteiger partial charge in [0.05, 0.1) is 6.10 Å². The molecule has 2 rings (SSSR count). The number of amides is 1. The molecule has 7 heteroatoms. The van der Waals surface area contributed by atoms with Gasteiger partial charge in [0, 0.05) is 37.3 Å². The number of aliphatic hydroxyl groups is 1. The van der Waals surface area contributed by atoms with E-state index in [1.54, 1.807) is 0 Å². The van der Waals surface area contributed by atoms with E-state index in [0.29, 0.717) is 31.6 Å². The Kier molecular flexibility index (Phi) is 6.27. The molecule has 0 aliphatic carbocycles. The molecule has 0 radical (unpaired) electrons. The van der Waals surface area contributed by atoms with E-state index >= 15 is 0 Å². The van der Waals surface area contributed by atoms with Gasteiger partial charge in [-0.1, -0.05) is 6.92 Å². The Labute approximate surface area is 118 Å². The molecule has 0 saturated heterocycles. The Hall–Kier alpha value is -1.11. The molecule has 1 aromatic heterocycles. The number of hydrogen-bond acceptors (Lipinski definition) is 4. The maximum Gasteiger partial charge on any atom is 0.272 e. The third kappa shape index (κ3) is 3.92. The Bertz CT molecular complexity index is 422. The molecule has 108 valence electrons. The number of carbonyl (C=O) groups excluding carboxylic acids is 1. The van der Waals surface area contributed by atoms with Crippen LogP contribution in [0.25, 0.3) is 0 Å². The summed E-state index contributed by atoms with van der Waals surface area (Å²) < 4.78 is 0. The largest absolute Gasteiger partial charge is 0.393 e. The van der Waals surface area contributed by atoms with E-state index in [-0.39, 0.29) is 24.4 Å². The van der Waals surface area contributed by atoms with Crippen molar-refractivity contribution in [3.05, 3.63) is 17.0 Å². The molecule has 0 saturated carbocycles. The lowest BCUT2D eigenvalue weighted by Gasteiger charge is -2.13. The normalized spacial score (nSPS) is 15.3. The first-order valence-electron chi connectivity index (χ1n) is 6.45. The minimum Gasteiger partial charge on any atom is -0.393 e. The maximum absolute atomic E-state index is 11.9. The lowest BCUT2D eigenvalue weighted by Crippen LogP contribution is -2.30. The summed E-state index contributed by atoms with van der Waals surface area (Å²) in [5, 5.41) is 22.4. The van der Waals surface area contributed by atoms with E-state index in [0.717, 1.165) is 24.2 Å². The summed E-state index contributed by atoms with van der Waals surface area (Å²) in [5.74, 6) is -0.167. The predicted molar refractivity (Wildman–Crippen MR) is 74.5 cm³/mol. The second kappa shape index (κ2) is 7.47. The maximum atomic E-state index is 11.9. The number of fused-ring (bicyclic) bond motifs is 1. The van der Waals surface area contributed by atoms with Gasteiger partial charge < -0.3 is 15.7 Å². The van der Waals surface area contributed by atoms with E-state index in [1.807, 2.05) is 6.92 Å². The van der Waals surface area contributed by atoms with Crippen LogP contribution in [0.3, 0.4) is 0 Å². The molecule has 1 amide bonds. The van der Waals surface area contributed by atoms with Gasteiger partial charge in [-0.15, -0.1) is 12.4 Å². The minimum atomic E-state index is -0.347. The first-order chi connectivity index (χ1) is 8.72. The lowest BCUT2D eigenvalue weighted by molar-refractivity contribution is 0.0936. The van der Waals surface area contributed by atoms with Crippen LogP contribution in [0.2, 0.25) is 0 Å². The van der Waals surface area contributed by atoms with Crippen LogP contribution < -0.4 is 10.6 Å². The molecule has 1 unspecified atom stereocenters. The molecule has 0 spiro atoms. The third-order valence-electron chi connectivity index (χ3n) is 3.26. The Morgan fingerprint density at radius 3 is 3.11 bits per heavy atom. The van der Waals surface area contributed by atoms with Gasteiger partial charge in [0.1, 0.15) is 0 Å². The summed E-state index contributed by atoms with van der Waals surface area (Å²) >= 11 is 0. The molecule has 19 heavy (non-hydrogen) atoms. The number of hydrogen-bond donors (Lipinski definition) is 4. The summed E-state index contributed by atoms with van der Waals surface area (Å²) in [4.78, 5) is 11.9. The van der Waals surface area contributed by atoms with Gasteiger partial charge in [-0.25, -0.2) is 0 Å². The van der Waals surface area contributed by atoms with Gasteiger partial charge in [0.25, 0.3) is 5.91 Å². The number of nitrogens with zero attached hydrogens (tertiary/aromatic N) is 1. The highest BCUT2D eigenvalue weighted by Gasteiger charge is 2.21. The number of H-pyrrole nitrogens is 1. The van der Waals surface area contributed by atoms with Crippen molar-refractivity contribution in [1.82, 2.24) is 20.8 Å². The smallest absolute Gasteiger partial charge is 0.272 e. The van der Waals surface area contributed by atoms with Crippen molar-refractivity contribution in [3.8, 4) is 0 Å². The van der Waals surface area contributed by atoms with Crippen molar-refractivity contribution < 1.29 is 9.90 Å². The minimum absolute atomic E-state index is 0. The van der Waals surface area contributed by atoms with Crippen molar-refractivity contribution in [2.24, 2.45) is 0 Å². The molecule has 0 bridgehead atoms. The predicted octanol–water partition coefficient (Wildman–Crippen LogP) is 0.368. The molecule has 0 aromatic carbocycles. The fourth-order valence-electron chi connectivity index (χ4n) is 2.05. The number of rotatable bonds is 5. The van der Waals surface area contributed by atoms with Gasteiger partial charge in [-0.2, -0.15) is 5.10 Å². The Balaban J connectivity index is 0.00000180. The van der Waals surface area contributed by atoms with Crippen LogP contribution in [-0.4, -0.2) is 40.4 Å². The standard InChI is InChI=1S/C12H20N4O2.ClH/c1-2-8(17)3-6-14-12(18)11-9-7-13-5-4-10(9)15-16-11;/h8,13,17H,2-7H2,1H3,(H,14,18)(H,15,16);1H. The molecule has 2 heterocycles. The number of aromatic amines is 1. The molecule has 1 atom stereocenters. The van der Waals surface area contributed by atoms with Gasteiger partial charge in [0.15, 0.2) is 5.69 Å². The fourth-order valence-corrected chi connectivity index (χ4v) is 2.05. The van der Waals surface area contributed by atoms with Crippen molar-refractivity contribution >= 4 is 18.3 Å². The number of carbonyl (C=O) groups is 1. The van der Waals surface area contributed by atoms with Gasteiger partial charge >= 0.3 is 0 Å². The zero-order chi connectivity index (χ0) is 13.0. The number of aromatic nitrogens is 2. The average Bonchev–Trinajstić information content (AvgIpc) is 2.82. The Morgan fingerprint density at radius 1 is 1.58 bits per heavy atom. The summed E-state index contributed by atoms with van der Waals surface area (Å²) in [6, 6.07) is 0. The van der Waals surface area contributed by atoms with E-state index < -0.39 is 0 Å². The number of nitrogens with one attached hydrogen (secondary N) is 3. The Morgan fingerprint density at radius 2 is 2.37 bits per heavy atom. The zero-order valence-corrected chi connectivity index (χ0v) is 11.8. The van der Waals surface area contributed by atoms with Crippen LogP contribution in [0, 0.1) is 0 Å². The highest BCUT2D eigenvalue weighted by atomic mass is 35.5. The second-order valence-electron chi connectivity index (χ2n) is 4.56. The van der Waals surface area contributed by atoms with Crippen LogP contribution >= 0.6 is 12.4 Å². The van der Waals surface area contributed by atoms with Crippen molar-refractivity contribution in [3.63, 3.8) is 0 Å². The lowest BCUT2D eigenvalue weighted by atomic mass is 10.1. The topological polar surface area (TPSA) is 90.0 Å². The van der Waals surface area contributed by atoms with Gasteiger partial charge in [-0.3, -0.25) is 9.89 Å². The summed E-state index contributed by atoms with van der Waals surface area (Å²) in [6.07, 6.45) is 1.81. The SMILES string of the molecule is CCC(O)CCNC(=O)c1n[nH]c2c1CNCC2.Cl. The molecule has 0 fully saturated rings. The summed E-state index contributed by atoms with van der Waals surface area (Å²) in [7, 11) is 0. The molecule has 1 aromatic rings. The molecular formula is C12H21ClN4O2. The van der Waals surface area contributed by atoms with Gasteiger partial charge in [0.2, 0.25) is 0 Å². The molecule has 4 N–H and O–H groups in total. The van der Waals surface area contributed by atoms with E-state index in [9.17, 15) is 9.90 Å². The van der Waals surface area contributed by atoms with Crippen LogP contribution in [-0.2, 0) is 13.0 Å². The summed E-state index contributed by atoms with van der Waals surface area (Å²) in [5.41, 5.74) is 2.49. The zero-order valence-electron chi connectivity index (χ0n) is 11.0. The monoisotopic (exact) mass is 288 g/mol. The highest BCUT2D eigenvalue weighted by Crippen LogP contribution is 2.14. The molecule has 6 nitrogen and oxygen atoms in total. The quantitative estimate of drug-likeness (QED) is 0.630. The van der Waals surface area contributed by atoms with Crippen LogP contribution in [0.4, 0.5) is 0 Å². The molecular weight excluding hydrogens is 268 g/mol. The van der Waals surface area contributed by atoms with E-state index in [1.165, 1.54) is 0 Å². The fraction of sp³-hybridized carbons (Fsp3) is 0.667. The van der Waals surface area contributed by atoms with E-state index in [4.69, 9.17) is 0 Å². The van der Waals surface area contributed by atoms with Crippen molar-refractivity contribution in [2.75, 3.05) is 13.1 Å². The van der Waals surface area contributed by atoms with Crippen LogP contribution in [0.5, 0.6) is 0 Å². The highest BCUT2D eigenvalue weighted by molar-refractivity contribution is 5.94. The molecule has 1 aliphatic rings. The van der Waals surface area contributed by atoms with Crippen LogP contribution in [0.1, 0.15) is 41.5 Å². The third-order valence-corrected chi connectivity index (χ3v) is 3.26. The summed E-state index contributed by atoms with van der Waals surface area (Å²) in [6.45, 7) is 4.00. The second-order valence-corrected chi connectivity index (χ2v) is 4.56. The van der Waals surface area contributed by atoms with E-state index in [2.05, 4.69) is 20.8 Å². The average molecular weight is 289 g/mol. The first-order valence-corrected chi connectivity index (χ1v) is 6.45. The number of aliphatic hydroxyl groups excluding tert-OH is 1. The molecule has 1 aliphatic heterocycles.